The summed E-state index contributed by atoms with van der Waals surface area (Å²) in [4.78, 5) is 1.94. The SMILES string of the molecule is CCC(N)(C#N)CCCSc1nnc(N(C)C)s1. The van der Waals surface area contributed by atoms with Crippen LogP contribution in [0.4, 0.5) is 5.13 Å². The third-order valence-corrected chi connectivity index (χ3v) is 4.94. The molecule has 18 heavy (non-hydrogen) atoms. The first-order chi connectivity index (χ1) is 8.50. The summed E-state index contributed by atoms with van der Waals surface area (Å²) >= 11 is 3.25. The fourth-order valence-corrected chi connectivity index (χ4v) is 3.07. The van der Waals surface area contributed by atoms with Gasteiger partial charge in [0.1, 0.15) is 5.54 Å². The Kier molecular flexibility index (Phi) is 5.85. The molecule has 0 fully saturated rings. The Bertz CT molecular complexity index is 412. The molecule has 5 nitrogen and oxygen atoms in total. The average Bonchev–Trinajstić information content (AvgIpc) is 2.83. The minimum Gasteiger partial charge on any atom is -0.353 e. The molecular weight excluding hydrogens is 266 g/mol. The molecule has 7 heteroatoms. The van der Waals surface area contributed by atoms with Crippen LogP contribution in [0.15, 0.2) is 4.34 Å². The fraction of sp³-hybridized carbons (Fsp3) is 0.727. The molecule has 0 aliphatic rings. The highest BCUT2D eigenvalue weighted by atomic mass is 32.2. The molecule has 0 bridgehead atoms. The Balaban J connectivity index is 2.32. The van der Waals surface area contributed by atoms with Crippen LogP contribution in [0.5, 0.6) is 0 Å². The van der Waals surface area contributed by atoms with Gasteiger partial charge in [-0.2, -0.15) is 5.26 Å². The second kappa shape index (κ2) is 6.92. The van der Waals surface area contributed by atoms with Crippen molar-refractivity contribution in [3.63, 3.8) is 0 Å². The number of anilines is 1. The molecule has 0 aliphatic carbocycles. The molecule has 0 saturated carbocycles. The summed E-state index contributed by atoms with van der Waals surface area (Å²) in [7, 11) is 3.90. The van der Waals surface area contributed by atoms with Crippen LogP contribution in [-0.4, -0.2) is 35.6 Å². The number of nitrogens with zero attached hydrogens (tertiary/aromatic N) is 4. The maximum atomic E-state index is 8.96. The van der Waals surface area contributed by atoms with Crippen LogP contribution in [0.2, 0.25) is 0 Å². The predicted molar refractivity (Wildman–Crippen MR) is 77.0 cm³/mol. The zero-order valence-corrected chi connectivity index (χ0v) is 12.6. The summed E-state index contributed by atoms with van der Waals surface area (Å²) in [5.41, 5.74) is 5.25. The molecule has 0 amide bonds. The van der Waals surface area contributed by atoms with Crippen LogP contribution in [0, 0.1) is 11.3 Å². The van der Waals surface area contributed by atoms with Gasteiger partial charge in [-0.05, 0) is 19.3 Å². The molecule has 100 valence electrons. The van der Waals surface area contributed by atoms with Crippen molar-refractivity contribution in [1.29, 1.82) is 5.26 Å². The van der Waals surface area contributed by atoms with Gasteiger partial charge in [-0.3, -0.25) is 0 Å². The van der Waals surface area contributed by atoms with Crippen LogP contribution < -0.4 is 10.6 Å². The van der Waals surface area contributed by atoms with E-state index in [4.69, 9.17) is 11.0 Å². The molecule has 1 rings (SSSR count). The third-order valence-electron chi connectivity index (χ3n) is 2.62. The van der Waals surface area contributed by atoms with Gasteiger partial charge in [0.2, 0.25) is 5.13 Å². The van der Waals surface area contributed by atoms with E-state index in [1.54, 1.807) is 23.1 Å². The van der Waals surface area contributed by atoms with Crippen LogP contribution in [0.25, 0.3) is 0 Å². The normalized spacial score (nSPS) is 13.9. The van der Waals surface area contributed by atoms with Crippen molar-refractivity contribution >= 4 is 28.2 Å². The second-order valence-corrected chi connectivity index (χ2v) is 6.62. The Morgan fingerprint density at radius 3 is 2.72 bits per heavy atom. The number of nitriles is 1. The molecule has 1 unspecified atom stereocenters. The van der Waals surface area contributed by atoms with Gasteiger partial charge < -0.3 is 10.6 Å². The van der Waals surface area contributed by atoms with E-state index < -0.39 is 5.54 Å². The van der Waals surface area contributed by atoms with Crippen molar-refractivity contribution < 1.29 is 0 Å². The monoisotopic (exact) mass is 285 g/mol. The maximum Gasteiger partial charge on any atom is 0.208 e. The summed E-state index contributed by atoms with van der Waals surface area (Å²) in [6.45, 7) is 1.95. The fourth-order valence-electron chi connectivity index (χ4n) is 1.30. The van der Waals surface area contributed by atoms with E-state index in [1.165, 1.54) is 0 Å². The van der Waals surface area contributed by atoms with Gasteiger partial charge in [0, 0.05) is 19.8 Å². The van der Waals surface area contributed by atoms with E-state index in [-0.39, 0.29) is 0 Å². The lowest BCUT2D eigenvalue weighted by Crippen LogP contribution is -2.37. The van der Waals surface area contributed by atoms with E-state index in [9.17, 15) is 0 Å². The van der Waals surface area contributed by atoms with Crippen molar-refractivity contribution in [2.24, 2.45) is 5.73 Å². The summed E-state index contributed by atoms with van der Waals surface area (Å²) in [5.74, 6) is 0.919. The van der Waals surface area contributed by atoms with Crippen molar-refractivity contribution in [3.8, 4) is 6.07 Å². The van der Waals surface area contributed by atoms with E-state index in [0.717, 1.165) is 28.1 Å². The molecule has 0 aliphatic heterocycles. The first-order valence-corrected chi connectivity index (χ1v) is 7.64. The van der Waals surface area contributed by atoms with Crippen molar-refractivity contribution in [1.82, 2.24) is 10.2 Å². The van der Waals surface area contributed by atoms with Crippen LogP contribution >= 0.6 is 23.1 Å². The molecule has 1 heterocycles. The first kappa shape index (κ1) is 15.2. The van der Waals surface area contributed by atoms with Crippen LogP contribution in [0.3, 0.4) is 0 Å². The minimum absolute atomic E-state index is 0.670. The van der Waals surface area contributed by atoms with E-state index in [1.807, 2.05) is 25.9 Å². The summed E-state index contributed by atoms with van der Waals surface area (Å²) in [6.07, 6.45) is 2.34. The minimum atomic E-state index is -0.670. The number of aromatic nitrogens is 2. The number of hydrogen-bond acceptors (Lipinski definition) is 7. The maximum absolute atomic E-state index is 8.96. The van der Waals surface area contributed by atoms with Gasteiger partial charge in [-0.15, -0.1) is 10.2 Å². The van der Waals surface area contributed by atoms with E-state index in [2.05, 4.69) is 16.3 Å². The standard InChI is InChI=1S/C11H19N5S2/c1-4-11(13,8-12)6-5-7-17-10-15-14-9(18-10)16(2)3/h4-7,13H2,1-3H3. The molecule has 1 aromatic heterocycles. The van der Waals surface area contributed by atoms with Gasteiger partial charge in [0.05, 0.1) is 6.07 Å². The largest absolute Gasteiger partial charge is 0.353 e. The Morgan fingerprint density at radius 2 is 2.22 bits per heavy atom. The molecule has 0 saturated heterocycles. The molecule has 0 aromatic carbocycles. The quantitative estimate of drug-likeness (QED) is 0.610. The Hall–Kier alpha value is -0.840. The number of nitrogens with two attached hydrogens (primary N) is 1. The van der Waals surface area contributed by atoms with Gasteiger partial charge in [-0.25, -0.2) is 0 Å². The molecule has 2 N–H and O–H groups in total. The average molecular weight is 285 g/mol. The van der Waals surface area contributed by atoms with Crippen molar-refractivity contribution in [3.05, 3.63) is 0 Å². The van der Waals surface area contributed by atoms with Crippen LogP contribution in [-0.2, 0) is 0 Å². The Labute approximate surface area is 116 Å². The lowest BCUT2D eigenvalue weighted by Gasteiger charge is -2.18. The smallest absolute Gasteiger partial charge is 0.208 e. The Morgan fingerprint density at radius 1 is 1.50 bits per heavy atom. The summed E-state index contributed by atoms with van der Waals surface area (Å²) < 4.78 is 0.967. The highest BCUT2D eigenvalue weighted by molar-refractivity contribution is 8.01. The van der Waals surface area contributed by atoms with Gasteiger partial charge in [0.25, 0.3) is 0 Å². The van der Waals surface area contributed by atoms with Crippen LogP contribution in [0.1, 0.15) is 26.2 Å². The van der Waals surface area contributed by atoms with Crippen molar-refractivity contribution in [2.75, 3.05) is 24.7 Å². The molecular formula is C11H19N5S2. The lowest BCUT2D eigenvalue weighted by atomic mass is 9.94. The highest BCUT2D eigenvalue weighted by Crippen LogP contribution is 2.28. The first-order valence-electron chi connectivity index (χ1n) is 5.84. The second-order valence-electron chi connectivity index (χ2n) is 4.32. The van der Waals surface area contributed by atoms with Gasteiger partial charge in [0.15, 0.2) is 4.34 Å². The topological polar surface area (TPSA) is 78.8 Å². The number of thioether (sulfide) groups is 1. The van der Waals surface area contributed by atoms with Gasteiger partial charge in [-0.1, -0.05) is 30.0 Å². The zero-order chi connectivity index (χ0) is 13.6. The summed E-state index contributed by atoms with van der Waals surface area (Å²) in [5, 5.41) is 18.0. The third kappa shape index (κ3) is 4.44. The molecule has 0 spiro atoms. The van der Waals surface area contributed by atoms with E-state index >= 15 is 0 Å². The van der Waals surface area contributed by atoms with E-state index in [0.29, 0.717) is 6.42 Å². The molecule has 0 radical (unpaired) electrons. The zero-order valence-electron chi connectivity index (χ0n) is 11.0. The lowest BCUT2D eigenvalue weighted by molar-refractivity contribution is 0.478. The number of rotatable bonds is 7. The highest BCUT2D eigenvalue weighted by Gasteiger charge is 2.21. The van der Waals surface area contributed by atoms with Gasteiger partial charge >= 0.3 is 0 Å². The molecule has 1 aromatic rings. The molecule has 1 atom stereocenters. The number of hydrogen-bond donors (Lipinski definition) is 1. The summed E-state index contributed by atoms with van der Waals surface area (Å²) in [6, 6.07) is 2.18. The van der Waals surface area contributed by atoms with Crippen molar-refractivity contribution in [2.45, 2.75) is 36.1 Å². The predicted octanol–water partition coefficient (Wildman–Crippen LogP) is 2.11.